The molecule has 12 heteroatoms. The van der Waals surface area contributed by atoms with E-state index in [0.29, 0.717) is 17.6 Å². The highest BCUT2D eigenvalue weighted by atomic mass is 19.1. The van der Waals surface area contributed by atoms with E-state index in [1.165, 1.54) is 26.6 Å². The van der Waals surface area contributed by atoms with Gasteiger partial charge in [-0.2, -0.15) is 0 Å². The molecule has 1 aliphatic rings. The first-order valence-electron chi connectivity index (χ1n) is 10.5. The number of hydrogen-bond acceptors (Lipinski definition) is 10. The van der Waals surface area contributed by atoms with Crippen LogP contribution in [0.3, 0.4) is 0 Å². The second-order valence-electron chi connectivity index (χ2n) is 7.61. The van der Waals surface area contributed by atoms with Crippen molar-refractivity contribution in [2.24, 2.45) is 0 Å². The summed E-state index contributed by atoms with van der Waals surface area (Å²) in [4.78, 5) is 21.5. The van der Waals surface area contributed by atoms with Crippen molar-refractivity contribution in [1.29, 1.82) is 0 Å². The van der Waals surface area contributed by atoms with E-state index >= 15 is 0 Å². The van der Waals surface area contributed by atoms with Crippen LogP contribution in [-0.2, 0) is 6.61 Å². The first-order valence-corrected chi connectivity index (χ1v) is 10.5. The van der Waals surface area contributed by atoms with Gasteiger partial charge in [-0.25, -0.2) is 28.7 Å². The van der Waals surface area contributed by atoms with Crippen molar-refractivity contribution in [1.82, 2.24) is 24.8 Å². The van der Waals surface area contributed by atoms with Crippen LogP contribution in [0, 0.1) is 11.6 Å². The number of likely N-dealkylation sites (N-methyl/N-ethyl adjacent to an activating group) is 1. The summed E-state index contributed by atoms with van der Waals surface area (Å²) in [5.41, 5.74) is 0.301. The van der Waals surface area contributed by atoms with Crippen LogP contribution < -0.4 is 24.4 Å². The maximum atomic E-state index is 14.5. The minimum Gasteiger partial charge on any atom is -0.494 e. The third-order valence-electron chi connectivity index (χ3n) is 5.36. The van der Waals surface area contributed by atoms with Gasteiger partial charge in [0, 0.05) is 32.2 Å². The Balaban J connectivity index is 1.37. The van der Waals surface area contributed by atoms with Gasteiger partial charge >= 0.3 is 0 Å². The van der Waals surface area contributed by atoms with Crippen LogP contribution in [0.5, 0.6) is 17.2 Å². The average molecular weight is 473 g/mol. The Morgan fingerprint density at radius 1 is 0.882 bits per heavy atom. The lowest BCUT2D eigenvalue weighted by atomic mass is 10.1. The number of anilines is 3. The molecule has 1 aromatic carbocycles. The number of halogens is 2. The van der Waals surface area contributed by atoms with E-state index in [1.807, 2.05) is 0 Å². The molecule has 3 heterocycles. The van der Waals surface area contributed by atoms with Gasteiger partial charge in [-0.05, 0) is 7.05 Å². The summed E-state index contributed by atoms with van der Waals surface area (Å²) >= 11 is 0. The maximum absolute atomic E-state index is 14.5. The Morgan fingerprint density at radius 3 is 2.03 bits per heavy atom. The van der Waals surface area contributed by atoms with E-state index in [1.54, 1.807) is 12.4 Å². The van der Waals surface area contributed by atoms with Crippen LogP contribution in [0.15, 0.2) is 30.9 Å². The predicted molar refractivity (Wildman–Crippen MR) is 121 cm³/mol. The van der Waals surface area contributed by atoms with Crippen molar-refractivity contribution in [3.63, 3.8) is 0 Å². The van der Waals surface area contributed by atoms with E-state index < -0.39 is 18.2 Å². The Bertz CT molecular complexity index is 1080. The van der Waals surface area contributed by atoms with E-state index in [9.17, 15) is 8.78 Å². The van der Waals surface area contributed by atoms with Crippen molar-refractivity contribution >= 4 is 17.6 Å². The van der Waals surface area contributed by atoms with Gasteiger partial charge in [0.2, 0.25) is 11.9 Å². The van der Waals surface area contributed by atoms with Crippen molar-refractivity contribution in [2.45, 2.75) is 6.61 Å². The molecule has 180 valence electrons. The molecule has 0 unspecified atom stereocenters. The van der Waals surface area contributed by atoms with Crippen molar-refractivity contribution in [3.8, 4) is 17.2 Å². The van der Waals surface area contributed by atoms with Gasteiger partial charge in [0.05, 0.1) is 50.3 Å². The molecule has 0 radical (unpaired) electrons. The van der Waals surface area contributed by atoms with Crippen LogP contribution in [0.4, 0.5) is 26.4 Å². The van der Waals surface area contributed by atoms with Gasteiger partial charge in [-0.15, -0.1) is 0 Å². The molecule has 2 aromatic heterocycles. The van der Waals surface area contributed by atoms with E-state index in [0.717, 1.165) is 32.2 Å². The van der Waals surface area contributed by atoms with E-state index in [2.05, 4.69) is 42.1 Å². The molecule has 0 aliphatic carbocycles. The normalized spacial score (nSPS) is 14.1. The second kappa shape index (κ2) is 10.4. The number of piperazine rings is 1. The fraction of sp³-hybridized carbons (Fsp3) is 0.364. The fourth-order valence-electron chi connectivity index (χ4n) is 3.36. The van der Waals surface area contributed by atoms with Crippen LogP contribution in [0.1, 0.15) is 5.56 Å². The zero-order chi connectivity index (χ0) is 24.1. The zero-order valence-corrected chi connectivity index (χ0v) is 19.1. The molecule has 0 amide bonds. The minimum atomic E-state index is -0.861. The molecule has 10 nitrogen and oxygen atoms in total. The lowest BCUT2D eigenvalue weighted by Gasteiger charge is -2.32. The number of benzene rings is 1. The van der Waals surface area contributed by atoms with E-state index in [4.69, 9.17) is 14.2 Å². The molecule has 1 aliphatic heterocycles. The molecule has 1 N–H and O–H groups in total. The summed E-state index contributed by atoms with van der Waals surface area (Å²) < 4.78 is 44.3. The SMILES string of the molecule is COc1cc(OC)c(F)c(COc2cnc(Nc3cnc(N4CCN(C)CC4)nc3)nc2)c1F. The van der Waals surface area contributed by atoms with Gasteiger partial charge in [0.25, 0.3) is 0 Å². The number of aromatic nitrogens is 4. The van der Waals surface area contributed by atoms with Crippen LogP contribution >= 0.6 is 0 Å². The molecule has 0 saturated carbocycles. The quantitative estimate of drug-likeness (QED) is 0.526. The average Bonchev–Trinajstić information content (AvgIpc) is 2.86. The molecule has 4 rings (SSSR count). The Hall–Kier alpha value is -3.80. The standard InChI is InChI=1S/C22H25F2N7O3/c1-30-4-6-31(7-5-30)22-27-9-14(10-28-22)29-21-25-11-15(12-26-21)34-13-16-19(23)17(32-2)8-18(33-3)20(16)24/h8-12H,4-7,13H2,1-3H3,(H,25,26,29). The number of nitrogens with one attached hydrogen (secondary N) is 1. The van der Waals surface area contributed by atoms with E-state index in [-0.39, 0.29) is 22.8 Å². The van der Waals surface area contributed by atoms with Gasteiger partial charge in [-0.3, -0.25) is 0 Å². The van der Waals surface area contributed by atoms with Gasteiger partial charge in [-0.1, -0.05) is 0 Å². The number of ether oxygens (including phenoxy) is 3. The summed E-state index contributed by atoms with van der Waals surface area (Å²) in [5.74, 6) is -0.810. The zero-order valence-electron chi connectivity index (χ0n) is 19.1. The lowest BCUT2D eigenvalue weighted by Crippen LogP contribution is -2.45. The third-order valence-corrected chi connectivity index (χ3v) is 5.36. The molecule has 1 saturated heterocycles. The van der Waals surface area contributed by atoms with Crippen LogP contribution in [0.25, 0.3) is 0 Å². The molecular weight excluding hydrogens is 448 g/mol. The molecule has 34 heavy (non-hydrogen) atoms. The molecule has 0 atom stereocenters. The van der Waals surface area contributed by atoms with Gasteiger partial charge in [0.1, 0.15) is 6.61 Å². The van der Waals surface area contributed by atoms with Crippen LogP contribution in [-0.4, -0.2) is 72.3 Å². The first kappa shape index (κ1) is 23.4. The second-order valence-corrected chi connectivity index (χ2v) is 7.61. The number of rotatable bonds is 8. The minimum absolute atomic E-state index is 0.145. The van der Waals surface area contributed by atoms with Crippen molar-refractivity contribution in [2.75, 3.05) is 57.7 Å². The fourth-order valence-corrected chi connectivity index (χ4v) is 3.36. The Morgan fingerprint density at radius 2 is 1.47 bits per heavy atom. The topological polar surface area (TPSA) is 97.8 Å². The number of nitrogens with zero attached hydrogens (tertiary/aromatic N) is 6. The molecule has 0 spiro atoms. The summed E-state index contributed by atoms with van der Waals surface area (Å²) in [6.45, 7) is 3.30. The van der Waals surface area contributed by atoms with Crippen molar-refractivity contribution in [3.05, 3.63) is 48.1 Å². The molecule has 1 fully saturated rings. The Kier molecular flexibility index (Phi) is 7.16. The number of hydrogen-bond donors (Lipinski definition) is 1. The van der Waals surface area contributed by atoms with Gasteiger partial charge < -0.3 is 29.3 Å². The highest BCUT2D eigenvalue weighted by molar-refractivity contribution is 5.51. The summed E-state index contributed by atoms with van der Waals surface area (Å²) in [5, 5.41) is 3.01. The predicted octanol–water partition coefficient (Wildman–Crippen LogP) is 2.64. The maximum Gasteiger partial charge on any atom is 0.227 e. The highest BCUT2D eigenvalue weighted by Gasteiger charge is 2.21. The first-order chi connectivity index (χ1) is 16.5. The highest BCUT2D eigenvalue weighted by Crippen LogP contribution is 2.32. The molecular formula is C22H25F2N7O3. The van der Waals surface area contributed by atoms with Crippen LogP contribution in [0.2, 0.25) is 0 Å². The summed E-state index contributed by atoms with van der Waals surface area (Å²) in [6.07, 6.45) is 6.11. The largest absolute Gasteiger partial charge is 0.494 e. The molecule has 0 bridgehead atoms. The number of methoxy groups -OCH3 is 2. The smallest absolute Gasteiger partial charge is 0.227 e. The monoisotopic (exact) mass is 473 g/mol. The third kappa shape index (κ3) is 5.22. The van der Waals surface area contributed by atoms with Gasteiger partial charge in [0.15, 0.2) is 28.9 Å². The van der Waals surface area contributed by atoms with Crippen molar-refractivity contribution < 1.29 is 23.0 Å². The summed E-state index contributed by atoms with van der Waals surface area (Å²) in [6, 6.07) is 1.14. The summed E-state index contributed by atoms with van der Waals surface area (Å²) in [7, 11) is 4.66. The molecule has 3 aromatic rings. The Labute approximate surface area is 195 Å². The lowest BCUT2D eigenvalue weighted by molar-refractivity contribution is 0.280.